The molecule has 0 N–H and O–H groups in total. The largest absolute Gasteiger partial charge is 0.380 e. The summed E-state index contributed by atoms with van der Waals surface area (Å²) in [4.78, 5) is 6.66. The van der Waals surface area contributed by atoms with Gasteiger partial charge in [-0.1, -0.05) is 6.08 Å². The topological polar surface area (TPSA) is 25.4 Å². The smallest absolute Gasteiger partial charge is 0.128 e. The van der Waals surface area contributed by atoms with Gasteiger partial charge in [-0.2, -0.15) is 0 Å². The fourth-order valence-corrected chi connectivity index (χ4v) is 2.03. The molecule has 0 aromatic carbocycles. The molecule has 1 aromatic heterocycles. The van der Waals surface area contributed by atoms with Crippen LogP contribution in [-0.2, 0) is 4.74 Å². The minimum atomic E-state index is 0.752. The van der Waals surface area contributed by atoms with Crippen LogP contribution in [0.4, 0.5) is 5.82 Å². The second-order valence-electron chi connectivity index (χ2n) is 3.83. The van der Waals surface area contributed by atoms with Crippen LogP contribution in [0.25, 0.3) is 0 Å². The Hall–Kier alpha value is -0.870. The molecule has 86 valence electrons. The van der Waals surface area contributed by atoms with Crippen LogP contribution < -0.4 is 4.90 Å². The van der Waals surface area contributed by atoms with Crippen LogP contribution >= 0.6 is 15.9 Å². The van der Waals surface area contributed by atoms with E-state index in [9.17, 15) is 0 Å². The Morgan fingerprint density at radius 1 is 1.50 bits per heavy atom. The van der Waals surface area contributed by atoms with Crippen molar-refractivity contribution in [2.75, 3.05) is 31.7 Å². The highest BCUT2D eigenvalue weighted by molar-refractivity contribution is 9.10. The molecule has 3 nitrogen and oxygen atoms in total. The van der Waals surface area contributed by atoms with Crippen molar-refractivity contribution in [2.45, 2.75) is 6.42 Å². The van der Waals surface area contributed by atoms with E-state index in [1.165, 1.54) is 5.57 Å². The average Bonchev–Trinajstić information content (AvgIpc) is 2.32. The minimum Gasteiger partial charge on any atom is -0.380 e. The van der Waals surface area contributed by atoms with E-state index in [0.717, 1.165) is 36.4 Å². The number of rotatable bonds is 3. The van der Waals surface area contributed by atoms with E-state index in [1.54, 1.807) is 7.11 Å². The number of pyridine rings is 1. The fourth-order valence-electron chi connectivity index (χ4n) is 1.79. The van der Waals surface area contributed by atoms with E-state index in [1.807, 2.05) is 18.3 Å². The molecule has 1 aromatic rings. The number of halogens is 1. The molecular weight excluding hydrogens is 268 g/mol. The molecule has 0 aliphatic carbocycles. The van der Waals surface area contributed by atoms with Gasteiger partial charge in [0.2, 0.25) is 0 Å². The standard InChI is InChI=1S/C12H15BrN2O/c1-16-9-10-4-6-15(7-5-10)12-3-2-11(13)8-14-12/h2-4,8H,5-7,9H2,1H3. The number of anilines is 1. The highest BCUT2D eigenvalue weighted by atomic mass is 79.9. The van der Waals surface area contributed by atoms with Gasteiger partial charge in [0, 0.05) is 30.9 Å². The number of aromatic nitrogens is 1. The number of nitrogens with zero attached hydrogens (tertiary/aromatic N) is 2. The zero-order valence-corrected chi connectivity index (χ0v) is 10.9. The van der Waals surface area contributed by atoms with Crippen LogP contribution in [0.1, 0.15) is 6.42 Å². The van der Waals surface area contributed by atoms with Crippen molar-refractivity contribution >= 4 is 21.7 Å². The summed E-state index contributed by atoms with van der Waals surface area (Å²) in [6.45, 7) is 2.69. The summed E-state index contributed by atoms with van der Waals surface area (Å²) in [5, 5.41) is 0. The third-order valence-corrected chi connectivity index (χ3v) is 3.14. The molecule has 0 atom stereocenters. The van der Waals surface area contributed by atoms with E-state index < -0.39 is 0 Å². The summed E-state index contributed by atoms with van der Waals surface area (Å²) in [5.74, 6) is 1.04. The highest BCUT2D eigenvalue weighted by Crippen LogP contribution is 2.19. The summed E-state index contributed by atoms with van der Waals surface area (Å²) >= 11 is 3.39. The van der Waals surface area contributed by atoms with E-state index >= 15 is 0 Å². The van der Waals surface area contributed by atoms with Crippen LogP contribution in [-0.4, -0.2) is 31.8 Å². The lowest BCUT2D eigenvalue weighted by atomic mass is 10.1. The van der Waals surface area contributed by atoms with Gasteiger partial charge in [-0.3, -0.25) is 0 Å². The van der Waals surface area contributed by atoms with Gasteiger partial charge in [0.05, 0.1) is 6.61 Å². The predicted molar refractivity (Wildman–Crippen MR) is 68.7 cm³/mol. The van der Waals surface area contributed by atoms with Crippen LogP contribution in [0, 0.1) is 0 Å². The molecular formula is C12H15BrN2O. The van der Waals surface area contributed by atoms with Crippen molar-refractivity contribution in [3.63, 3.8) is 0 Å². The quantitative estimate of drug-likeness (QED) is 0.797. The van der Waals surface area contributed by atoms with Gasteiger partial charge >= 0.3 is 0 Å². The SMILES string of the molecule is COCC1=CCN(c2ccc(Br)cn2)CC1. The first-order valence-corrected chi connectivity index (χ1v) is 6.12. The molecule has 16 heavy (non-hydrogen) atoms. The van der Waals surface area contributed by atoms with Crippen molar-refractivity contribution in [1.29, 1.82) is 0 Å². The maximum atomic E-state index is 5.13. The van der Waals surface area contributed by atoms with Gasteiger partial charge in [-0.05, 0) is 40.1 Å². The molecule has 0 spiro atoms. The molecule has 0 bridgehead atoms. The lowest BCUT2D eigenvalue weighted by Crippen LogP contribution is -2.29. The summed E-state index contributed by atoms with van der Waals surface area (Å²) in [7, 11) is 1.74. The summed E-state index contributed by atoms with van der Waals surface area (Å²) in [6, 6.07) is 4.07. The highest BCUT2D eigenvalue weighted by Gasteiger charge is 2.12. The van der Waals surface area contributed by atoms with Gasteiger partial charge in [-0.25, -0.2) is 4.98 Å². The molecule has 0 unspecified atom stereocenters. The summed E-state index contributed by atoms with van der Waals surface area (Å²) in [5.41, 5.74) is 1.39. The van der Waals surface area contributed by atoms with Crippen LogP contribution in [0.2, 0.25) is 0 Å². The molecule has 0 amide bonds. The summed E-state index contributed by atoms with van der Waals surface area (Å²) in [6.07, 6.45) is 5.13. The Morgan fingerprint density at radius 3 is 2.94 bits per heavy atom. The van der Waals surface area contributed by atoms with E-state index in [-0.39, 0.29) is 0 Å². The maximum Gasteiger partial charge on any atom is 0.128 e. The monoisotopic (exact) mass is 282 g/mol. The third kappa shape index (κ3) is 2.83. The second kappa shape index (κ2) is 5.46. The van der Waals surface area contributed by atoms with E-state index in [0.29, 0.717) is 0 Å². The van der Waals surface area contributed by atoms with Gasteiger partial charge in [-0.15, -0.1) is 0 Å². The number of hydrogen-bond donors (Lipinski definition) is 0. The van der Waals surface area contributed by atoms with Crippen LogP contribution in [0.3, 0.4) is 0 Å². The maximum absolute atomic E-state index is 5.13. The molecule has 4 heteroatoms. The lowest BCUT2D eigenvalue weighted by molar-refractivity contribution is 0.222. The molecule has 0 radical (unpaired) electrons. The van der Waals surface area contributed by atoms with E-state index in [2.05, 4.69) is 31.9 Å². The Kier molecular flexibility index (Phi) is 3.96. The predicted octanol–water partition coefficient (Wildman–Crippen LogP) is 2.63. The summed E-state index contributed by atoms with van der Waals surface area (Å²) < 4.78 is 6.15. The molecule has 1 aliphatic rings. The van der Waals surface area contributed by atoms with Crippen LogP contribution in [0.5, 0.6) is 0 Å². The minimum absolute atomic E-state index is 0.752. The second-order valence-corrected chi connectivity index (χ2v) is 4.74. The first kappa shape index (κ1) is 11.6. The number of hydrogen-bond acceptors (Lipinski definition) is 3. The lowest BCUT2D eigenvalue weighted by Gasteiger charge is -2.27. The van der Waals surface area contributed by atoms with Crippen molar-refractivity contribution in [2.24, 2.45) is 0 Å². The molecule has 2 rings (SSSR count). The Labute approximate surface area is 104 Å². The van der Waals surface area contributed by atoms with Crippen molar-refractivity contribution in [3.05, 3.63) is 34.5 Å². The number of ether oxygens (including phenoxy) is 1. The first-order chi connectivity index (χ1) is 7.79. The zero-order chi connectivity index (χ0) is 11.4. The first-order valence-electron chi connectivity index (χ1n) is 5.33. The Balaban J connectivity index is 2.01. The molecule has 1 aliphatic heterocycles. The molecule has 2 heterocycles. The normalized spacial score (nSPS) is 16.1. The van der Waals surface area contributed by atoms with Gasteiger partial charge in [0.25, 0.3) is 0 Å². The Bertz CT molecular complexity index is 375. The van der Waals surface area contributed by atoms with Gasteiger partial charge in [0.1, 0.15) is 5.82 Å². The molecule has 0 saturated carbocycles. The van der Waals surface area contributed by atoms with Crippen LogP contribution in [0.15, 0.2) is 34.5 Å². The van der Waals surface area contributed by atoms with Crippen molar-refractivity contribution < 1.29 is 4.74 Å². The Morgan fingerprint density at radius 2 is 2.38 bits per heavy atom. The van der Waals surface area contributed by atoms with Crippen molar-refractivity contribution in [1.82, 2.24) is 4.98 Å². The number of methoxy groups -OCH3 is 1. The molecule has 0 saturated heterocycles. The van der Waals surface area contributed by atoms with Crippen molar-refractivity contribution in [3.8, 4) is 0 Å². The average molecular weight is 283 g/mol. The van der Waals surface area contributed by atoms with E-state index in [4.69, 9.17) is 4.74 Å². The third-order valence-electron chi connectivity index (χ3n) is 2.67. The van der Waals surface area contributed by atoms with Gasteiger partial charge < -0.3 is 9.64 Å². The fraction of sp³-hybridized carbons (Fsp3) is 0.417. The molecule has 0 fully saturated rings. The van der Waals surface area contributed by atoms with Gasteiger partial charge in [0.15, 0.2) is 0 Å². The zero-order valence-electron chi connectivity index (χ0n) is 9.32.